The van der Waals surface area contributed by atoms with Crippen LogP contribution in [0.5, 0.6) is 0 Å². The Morgan fingerprint density at radius 3 is 2.95 bits per heavy atom. The van der Waals surface area contributed by atoms with Gasteiger partial charge in [-0.25, -0.2) is 9.37 Å². The highest BCUT2D eigenvalue weighted by Gasteiger charge is 2.22. The molecule has 1 atom stereocenters. The number of aromatic nitrogens is 2. The highest BCUT2D eigenvalue weighted by Crippen LogP contribution is 2.23. The molecule has 1 aromatic heterocycles. The number of nitrogens with zero attached hydrogens (tertiary/aromatic N) is 2. The summed E-state index contributed by atoms with van der Waals surface area (Å²) < 4.78 is 12.9. The van der Waals surface area contributed by atoms with Crippen molar-refractivity contribution in [2.24, 2.45) is 5.92 Å². The molecule has 1 aliphatic rings. The third-order valence-corrected chi connectivity index (χ3v) is 3.76. The van der Waals surface area contributed by atoms with E-state index in [1.54, 1.807) is 6.20 Å². The van der Waals surface area contributed by atoms with Gasteiger partial charge in [0.15, 0.2) is 0 Å². The van der Waals surface area contributed by atoms with E-state index in [-0.39, 0.29) is 5.82 Å². The molecule has 1 unspecified atom stereocenters. The monoisotopic (exact) mass is 274 g/mol. The molecule has 2 heterocycles. The van der Waals surface area contributed by atoms with Crippen LogP contribution in [0.25, 0.3) is 0 Å². The summed E-state index contributed by atoms with van der Waals surface area (Å²) in [5.74, 6) is 1.43. The minimum Gasteiger partial charge on any atom is -0.371 e. The van der Waals surface area contributed by atoms with Crippen LogP contribution in [0.3, 0.4) is 0 Å². The zero-order chi connectivity index (χ0) is 13.8. The molecule has 106 valence electrons. The van der Waals surface area contributed by atoms with Crippen molar-refractivity contribution in [1.82, 2.24) is 15.3 Å². The van der Waals surface area contributed by atoms with Gasteiger partial charge in [-0.3, -0.25) is 0 Å². The fourth-order valence-electron chi connectivity index (χ4n) is 2.68. The van der Waals surface area contributed by atoms with Gasteiger partial charge in [-0.05, 0) is 36.6 Å². The second-order valence-electron chi connectivity index (χ2n) is 5.24. The van der Waals surface area contributed by atoms with E-state index in [0.29, 0.717) is 5.92 Å². The lowest BCUT2D eigenvalue weighted by Crippen LogP contribution is -2.26. The molecule has 0 saturated carbocycles. The standard InChI is InChI=1S/C15H19FN4/c16-13-1-3-14(4-2-13)20-8-5-12(11-20)9-17-10-15-18-6-7-19-15/h1-4,6-7,12,17H,5,8-11H2,(H,18,19). The average molecular weight is 274 g/mol. The number of halogens is 1. The Labute approximate surface area is 118 Å². The van der Waals surface area contributed by atoms with Crippen LogP contribution in [-0.2, 0) is 6.54 Å². The minimum absolute atomic E-state index is 0.176. The van der Waals surface area contributed by atoms with Gasteiger partial charge in [-0.2, -0.15) is 0 Å². The van der Waals surface area contributed by atoms with E-state index >= 15 is 0 Å². The van der Waals surface area contributed by atoms with Crippen LogP contribution in [0.4, 0.5) is 10.1 Å². The third-order valence-electron chi connectivity index (χ3n) is 3.76. The number of nitrogens with one attached hydrogen (secondary N) is 2. The van der Waals surface area contributed by atoms with Gasteiger partial charge in [0, 0.05) is 37.7 Å². The fraction of sp³-hybridized carbons (Fsp3) is 0.400. The second kappa shape index (κ2) is 6.05. The maximum absolute atomic E-state index is 12.9. The lowest BCUT2D eigenvalue weighted by Gasteiger charge is -2.18. The Morgan fingerprint density at radius 2 is 2.20 bits per heavy atom. The summed E-state index contributed by atoms with van der Waals surface area (Å²) in [6.07, 6.45) is 4.77. The summed E-state index contributed by atoms with van der Waals surface area (Å²) in [4.78, 5) is 9.59. The lowest BCUT2D eigenvalue weighted by molar-refractivity contribution is 0.511. The van der Waals surface area contributed by atoms with E-state index in [9.17, 15) is 4.39 Å². The largest absolute Gasteiger partial charge is 0.371 e. The Kier molecular flexibility index (Phi) is 3.97. The predicted molar refractivity (Wildman–Crippen MR) is 77.0 cm³/mol. The summed E-state index contributed by atoms with van der Waals surface area (Å²) in [5.41, 5.74) is 1.11. The normalized spacial score (nSPS) is 18.6. The number of hydrogen-bond acceptors (Lipinski definition) is 3. The maximum atomic E-state index is 12.9. The van der Waals surface area contributed by atoms with Gasteiger partial charge in [0.05, 0.1) is 6.54 Å². The number of imidazole rings is 1. The molecule has 3 rings (SSSR count). The molecule has 2 aromatic rings. The first kappa shape index (κ1) is 13.1. The van der Waals surface area contributed by atoms with Crippen molar-refractivity contribution >= 4 is 5.69 Å². The first-order valence-electron chi connectivity index (χ1n) is 7.01. The van der Waals surface area contributed by atoms with Crippen LogP contribution in [0.2, 0.25) is 0 Å². The van der Waals surface area contributed by atoms with Crippen molar-refractivity contribution in [3.05, 3.63) is 48.3 Å². The maximum Gasteiger partial charge on any atom is 0.123 e. The number of anilines is 1. The van der Waals surface area contributed by atoms with Gasteiger partial charge in [0.25, 0.3) is 0 Å². The summed E-state index contributed by atoms with van der Waals surface area (Å²) in [7, 11) is 0. The van der Waals surface area contributed by atoms with Crippen LogP contribution in [0.1, 0.15) is 12.2 Å². The van der Waals surface area contributed by atoms with Gasteiger partial charge in [0.1, 0.15) is 11.6 Å². The Hall–Kier alpha value is -1.88. The molecule has 0 amide bonds. The van der Waals surface area contributed by atoms with Crippen LogP contribution in [-0.4, -0.2) is 29.6 Å². The van der Waals surface area contributed by atoms with Crippen LogP contribution in [0.15, 0.2) is 36.7 Å². The average Bonchev–Trinajstić information content (AvgIpc) is 3.11. The number of hydrogen-bond donors (Lipinski definition) is 2. The van der Waals surface area contributed by atoms with E-state index in [1.165, 1.54) is 18.6 Å². The SMILES string of the molecule is Fc1ccc(N2CCC(CNCc3ncc[nH]3)C2)cc1. The molecule has 2 N–H and O–H groups in total. The van der Waals surface area contributed by atoms with E-state index in [2.05, 4.69) is 20.2 Å². The Morgan fingerprint density at radius 1 is 1.35 bits per heavy atom. The number of benzene rings is 1. The molecule has 0 aliphatic carbocycles. The summed E-state index contributed by atoms with van der Waals surface area (Å²) in [6.45, 7) is 3.83. The number of H-pyrrole nitrogens is 1. The molecule has 1 aromatic carbocycles. The fourth-order valence-corrected chi connectivity index (χ4v) is 2.68. The first-order chi connectivity index (χ1) is 9.81. The summed E-state index contributed by atoms with van der Waals surface area (Å²) in [6, 6.07) is 6.76. The van der Waals surface area contributed by atoms with Gasteiger partial charge < -0.3 is 15.2 Å². The van der Waals surface area contributed by atoms with Gasteiger partial charge in [0.2, 0.25) is 0 Å². The zero-order valence-corrected chi connectivity index (χ0v) is 11.3. The quantitative estimate of drug-likeness (QED) is 0.878. The number of rotatable bonds is 5. The van der Waals surface area contributed by atoms with Crippen molar-refractivity contribution in [1.29, 1.82) is 0 Å². The number of aromatic amines is 1. The molecule has 0 bridgehead atoms. The van der Waals surface area contributed by atoms with E-state index < -0.39 is 0 Å². The van der Waals surface area contributed by atoms with E-state index in [4.69, 9.17) is 0 Å². The van der Waals surface area contributed by atoms with Crippen molar-refractivity contribution in [3.8, 4) is 0 Å². The predicted octanol–water partition coefficient (Wildman–Crippen LogP) is 2.16. The smallest absolute Gasteiger partial charge is 0.123 e. The van der Waals surface area contributed by atoms with Crippen molar-refractivity contribution < 1.29 is 4.39 Å². The van der Waals surface area contributed by atoms with Crippen molar-refractivity contribution in [2.45, 2.75) is 13.0 Å². The highest BCUT2D eigenvalue weighted by molar-refractivity contribution is 5.47. The Balaban J connectivity index is 1.46. The summed E-state index contributed by atoms with van der Waals surface area (Å²) >= 11 is 0. The molecule has 0 spiro atoms. The van der Waals surface area contributed by atoms with Crippen LogP contribution in [0, 0.1) is 11.7 Å². The molecule has 20 heavy (non-hydrogen) atoms. The molecule has 4 nitrogen and oxygen atoms in total. The molecular weight excluding hydrogens is 255 g/mol. The van der Waals surface area contributed by atoms with Crippen molar-refractivity contribution in [2.75, 3.05) is 24.5 Å². The Bertz CT molecular complexity index is 523. The molecule has 1 fully saturated rings. The molecule has 5 heteroatoms. The van der Waals surface area contributed by atoms with Crippen molar-refractivity contribution in [3.63, 3.8) is 0 Å². The molecular formula is C15H19FN4. The van der Waals surface area contributed by atoms with E-state index in [0.717, 1.165) is 37.7 Å². The molecule has 1 aliphatic heterocycles. The van der Waals surface area contributed by atoms with Gasteiger partial charge in [-0.1, -0.05) is 0 Å². The second-order valence-corrected chi connectivity index (χ2v) is 5.24. The van der Waals surface area contributed by atoms with Crippen LogP contribution >= 0.6 is 0 Å². The molecule has 0 radical (unpaired) electrons. The first-order valence-corrected chi connectivity index (χ1v) is 7.01. The highest BCUT2D eigenvalue weighted by atomic mass is 19.1. The third kappa shape index (κ3) is 3.17. The van der Waals surface area contributed by atoms with Crippen LogP contribution < -0.4 is 10.2 Å². The van der Waals surface area contributed by atoms with E-state index in [1.807, 2.05) is 18.3 Å². The minimum atomic E-state index is -0.176. The van der Waals surface area contributed by atoms with Gasteiger partial charge >= 0.3 is 0 Å². The lowest BCUT2D eigenvalue weighted by atomic mass is 10.1. The topological polar surface area (TPSA) is 44.0 Å². The summed E-state index contributed by atoms with van der Waals surface area (Å²) in [5, 5.41) is 3.43. The van der Waals surface area contributed by atoms with Gasteiger partial charge in [-0.15, -0.1) is 0 Å². The molecule has 1 saturated heterocycles. The zero-order valence-electron chi connectivity index (χ0n) is 11.3.